The minimum Gasteiger partial charge on any atom is -0.467 e. The molecular formula is C22H27N5O4. The number of unbranched alkanes of at least 4 members (excludes halogenated alkanes) is 1. The monoisotopic (exact) mass is 425 g/mol. The maximum Gasteiger partial charge on any atom is 0.330 e. The number of carbonyl (C=O) groups excluding carboxylic acids is 1. The van der Waals surface area contributed by atoms with Gasteiger partial charge in [0.1, 0.15) is 17.3 Å². The van der Waals surface area contributed by atoms with Crippen LogP contribution in [-0.4, -0.2) is 22.0 Å². The van der Waals surface area contributed by atoms with Crippen LogP contribution < -0.4 is 27.2 Å². The van der Waals surface area contributed by atoms with Crippen molar-refractivity contribution in [1.82, 2.24) is 14.9 Å². The zero-order chi connectivity index (χ0) is 22.2. The molecule has 31 heavy (non-hydrogen) atoms. The molecule has 0 saturated heterocycles. The van der Waals surface area contributed by atoms with E-state index in [1.54, 1.807) is 17.0 Å². The fourth-order valence-electron chi connectivity index (χ4n) is 3.27. The number of carbonyl (C=O) groups is 1. The van der Waals surface area contributed by atoms with Gasteiger partial charge in [-0.25, -0.2) is 4.79 Å². The lowest BCUT2D eigenvalue weighted by atomic mass is 10.2. The van der Waals surface area contributed by atoms with Crippen molar-refractivity contribution in [3.8, 4) is 0 Å². The highest BCUT2D eigenvalue weighted by atomic mass is 16.3. The number of nitrogens with one attached hydrogen (secondary N) is 2. The molecule has 0 aliphatic rings. The number of amides is 1. The van der Waals surface area contributed by atoms with Crippen LogP contribution in [0.1, 0.15) is 31.1 Å². The largest absolute Gasteiger partial charge is 0.467 e. The number of hydrogen-bond acceptors (Lipinski definition) is 6. The van der Waals surface area contributed by atoms with Gasteiger partial charge in [0.25, 0.3) is 5.56 Å². The Balaban J connectivity index is 1.91. The van der Waals surface area contributed by atoms with E-state index in [-0.39, 0.29) is 37.0 Å². The van der Waals surface area contributed by atoms with Crippen LogP contribution >= 0.6 is 0 Å². The van der Waals surface area contributed by atoms with E-state index in [9.17, 15) is 14.4 Å². The smallest absolute Gasteiger partial charge is 0.330 e. The first-order valence-electron chi connectivity index (χ1n) is 10.2. The van der Waals surface area contributed by atoms with Crippen LogP contribution in [-0.2, 0) is 24.4 Å². The summed E-state index contributed by atoms with van der Waals surface area (Å²) in [6.45, 7) is 2.77. The molecule has 4 N–H and O–H groups in total. The van der Waals surface area contributed by atoms with Crippen LogP contribution in [0.3, 0.4) is 0 Å². The molecule has 3 rings (SSSR count). The number of aromatic nitrogens is 2. The van der Waals surface area contributed by atoms with Gasteiger partial charge < -0.3 is 20.4 Å². The van der Waals surface area contributed by atoms with Crippen molar-refractivity contribution in [3.05, 3.63) is 80.9 Å². The summed E-state index contributed by atoms with van der Waals surface area (Å²) in [5.41, 5.74) is 6.09. The third-order valence-corrected chi connectivity index (χ3v) is 4.86. The Bertz CT molecular complexity index is 1100. The van der Waals surface area contributed by atoms with Crippen LogP contribution in [0.5, 0.6) is 0 Å². The molecule has 1 aromatic carbocycles. The number of benzene rings is 1. The van der Waals surface area contributed by atoms with Gasteiger partial charge in [0, 0.05) is 13.1 Å². The van der Waals surface area contributed by atoms with Crippen molar-refractivity contribution in [1.29, 1.82) is 0 Å². The molecule has 0 radical (unpaired) electrons. The van der Waals surface area contributed by atoms with Crippen molar-refractivity contribution in [2.75, 3.05) is 17.2 Å². The Kier molecular flexibility index (Phi) is 7.31. The summed E-state index contributed by atoms with van der Waals surface area (Å²) >= 11 is 0. The summed E-state index contributed by atoms with van der Waals surface area (Å²) in [6, 6.07) is 12.9. The summed E-state index contributed by atoms with van der Waals surface area (Å²) < 4.78 is 6.58. The Morgan fingerprint density at radius 3 is 2.65 bits per heavy atom. The lowest BCUT2D eigenvalue weighted by Gasteiger charge is -2.26. The van der Waals surface area contributed by atoms with E-state index < -0.39 is 11.2 Å². The van der Waals surface area contributed by atoms with Gasteiger partial charge in [-0.3, -0.25) is 19.1 Å². The van der Waals surface area contributed by atoms with Crippen LogP contribution in [0.25, 0.3) is 0 Å². The number of anilines is 2. The molecule has 0 saturated carbocycles. The molecule has 9 heteroatoms. The normalized spacial score (nSPS) is 10.7. The van der Waals surface area contributed by atoms with Gasteiger partial charge in [-0.2, -0.15) is 0 Å². The first-order chi connectivity index (χ1) is 15.0. The highest BCUT2D eigenvalue weighted by Gasteiger charge is 2.21. The second kappa shape index (κ2) is 10.3. The fraction of sp³-hybridized carbons (Fsp3) is 0.318. The molecule has 0 spiro atoms. The third-order valence-electron chi connectivity index (χ3n) is 4.86. The molecule has 2 aromatic heterocycles. The number of nitrogens with zero attached hydrogens (tertiary/aromatic N) is 2. The fourth-order valence-corrected chi connectivity index (χ4v) is 3.27. The van der Waals surface area contributed by atoms with Crippen LogP contribution in [0.15, 0.2) is 62.7 Å². The predicted octanol–water partition coefficient (Wildman–Crippen LogP) is 1.83. The highest BCUT2D eigenvalue weighted by molar-refractivity contribution is 5.82. The van der Waals surface area contributed by atoms with Gasteiger partial charge >= 0.3 is 5.69 Å². The second-order valence-electron chi connectivity index (χ2n) is 7.20. The number of nitrogens with two attached hydrogens (primary N) is 1. The zero-order valence-electron chi connectivity index (χ0n) is 17.5. The van der Waals surface area contributed by atoms with Gasteiger partial charge in [-0.1, -0.05) is 43.7 Å². The SMILES string of the molecule is CCCCn1c(N)c(N(CC(=O)NCc2ccco2)Cc2ccccc2)c(=O)[nH]c1=O. The lowest BCUT2D eigenvalue weighted by Crippen LogP contribution is -2.42. The molecule has 164 valence electrons. The molecule has 2 heterocycles. The van der Waals surface area contributed by atoms with E-state index in [0.29, 0.717) is 12.3 Å². The minimum atomic E-state index is -0.620. The first kappa shape index (κ1) is 21.9. The third kappa shape index (κ3) is 5.65. The highest BCUT2D eigenvalue weighted by Crippen LogP contribution is 2.19. The summed E-state index contributed by atoms with van der Waals surface area (Å²) in [5, 5.41) is 2.77. The maximum atomic E-state index is 12.7. The van der Waals surface area contributed by atoms with E-state index in [4.69, 9.17) is 10.2 Å². The summed E-state index contributed by atoms with van der Waals surface area (Å²) in [7, 11) is 0. The number of H-pyrrole nitrogens is 1. The van der Waals surface area contributed by atoms with Gasteiger partial charge in [0.15, 0.2) is 0 Å². The predicted molar refractivity (Wildman–Crippen MR) is 119 cm³/mol. The van der Waals surface area contributed by atoms with Gasteiger partial charge in [0.2, 0.25) is 5.91 Å². The topological polar surface area (TPSA) is 126 Å². The number of furan rings is 1. The molecule has 0 unspecified atom stereocenters. The number of aromatic amines is 1. The van der Waals surface area contributed by atoms with Gasteiger partial charge in [0.05, 0.1) is 19.4 Å². The summed E-state index contributed by atoms with van der Waals surface area (Å²) in [5.74, 6) is 0.364. The van der Waals surface area contributed by atoms with Crippen LogP contribution in [0, 0.1) is 0 Å². The van der Waals surface area contributed by atoms with Crippen molar-refractivity contribution in [2.45, 2.75) is 39.4 Å². The quantitative estimate of drug-likeness (QED) is 0.455. The molecule has 0 bridgehead atoms. The Hall–Kier alpha value is -3.75. The second-order valence-corrected chi connectivity index (χ2v) is 7.20. The standard InChI is InChI=1S/C22H27N5O4/c1-2-3-11-27-20(23)19(21(29)25-22(27)30)26(14-16-8-5-4-6-9-16)15-18(28)24-13-17-10-7-12-31-17/h4-10,12H,2-3,11,13-15,23H2,1H3,(H,24,28)(H,25,29,30). The maximum absolute atomic E-state index is 12.7. The summed E-state index contributed by atoms with van der Waals surface area (Å²) in [4.78, 5) is 41.5. The molecule has 0 atom stereocenters. The van der Waals surface area contributed by atoms with E-state index >= 15 is 0 Å². The number of hydrogen-bond donors (Lipinski definition) is 3. The van der Waals surface area contributed by atoms with Crippen molar-refractivity contribution in [3.63, 3.8) is 0 Å². The van der Waals surface area contributed by atoms with Crippen LogP contribution in [0.4, 0.5) is 11.5 Å². The number of nitrogen functional groups attached to an aromatic ring is 1. The zero-order valence-corrected chi connectivity index (χ0v) is 17.5. The molecule has 0 aliphatic heterocycles. The lowest BCUT2D eigenvalue weighted by molar-refractivity contribution is -0.120. The Morgan fingerprint density at radius 1 is 1.19 bits per heavy atom. The van der Waals surface area contributed by atoms with Crippen molar-refractivity contribution < 1.29 is 9.21 Å². The molecule has 0 aliphatic carbocycles. The number of rotatable bonds is 10. The molecule has 1 amide bonds. The Labute approximate surface area is 179 Å². The van der Waals surface area contributed by atoms with Crippen molar-refractivity contribution in [2.24, 2.45) is 0 Å². The van der Waals surface area contributed by atoms with Crippen molar-refractivity contribution >= 4 is 17.4 Å². The molecular weight excluding hydrogens is 398 g/mol. The van der Waals surface area contributed by atoms with Gasteiger partial charge in [-0.05, 0) is 24.1 Å². The molecule has 9 nitrogen and oxygen atoms in total. The van der Waals surface area contributed by atoms with E-state index in [1.807, 2.05) is 37.3 Å². The van der Waals surface area contributed by atoms with Crippen LogP contribution in [0.2, 0.25) is 0 Å². The molecule has 0 fully saturated rings. The minimum absolute atomic E-state index is 0.0527. The van der Waals surface area contributed by atoms with E-state index in [2.05, 4.69) is 10.3 Å². The summed E-state index contributed by atoms with van der Waals surface area (Å²) in [6.07, 6.45) is 3.13. The molecule has 3 aromatic rings. The Morgan fingerprint density at radius 2 is 1.97 bits per heavy atom. The van der Waals surface area contributed by atoms with E-state index in [1.165, 1.54) is 10.8 Å². The van der Waals surface area contributed by atoms with E-state index in [0.717, 1.165) is 18.4 Å². The first-order valence-corrected chi connectivity index (χ1v) is 10.2. The average molecular weight is 425 g/mol. The van der Waals surface area contributed by atoms with Gasteiger partial charge in [-0.15, -0.1) is 0 Å². The average Bonchev–Trinajstić information content (AvgIpc) is 3.26.